The molecule has 0 fully saturated rings. The second-order valence-corrected chi connectivity index (χ2v) is 4.64. The van der Waals surface area contributed by atoms with E-state index in [1.54, 1.807) is 25.1 Å². The molecule has 0 amide bonds. The minimum atomic E-state index is -0.259. The van der Waals surface area contributed by atoms with Crippen molar-refractivity contribution in [3.63, 3.8) is 0 Å². The Morgan fingerprint density at radius 1 is 1.28 bits per heavy atom. The number of hydrogen-bond donors (Lipinski definition) is 1. The maximum Gasteiger partial charge on any atom is 0.167 e. The minimum absolute atomic E-state index is 0.259. The van der Waals surface area contributed by atoms with E-state index < -0.39 is 0 Å². The summed E-state index contributed by atoms with van der Waals surface area (Å²) in [6.07, 6.45) is 1.10. The maximum atomic E-state index is 13.6. The van der Waals surface area contributed by atoms with Crippen molar-refractivity contribution in [2.75, 3.05) is 40.3 Å². The van der Waals surface area contributed by atoms with Gasteiger partial charge in [0.1, 0.15) is 6.61 Å². The Bertz CT molecular complexity index is 356. The van der Waals surface area contributed by atoms with Gasteiger partial charge in [-0.1, -0.05) is 12.1 Å². The molecule has 0 aliphatic rings. The van der Waals surface area contributed by atoms with Gasteiger partial charge >= 0.3 is 0 Å². The van der Waals surface area contributed by atoms with Crippen LogP contribution in [-0.2, 0) is 0 Å². The van der Waals surface area contributed by atoms with Crippen molar-refractivity contribution >= 4 is 0 Å². The molecule has 0 saturated carbocycles. The molecule has 0 aliphatic carbocycles. The number of ether oxygens (including phenoxy) is 1. The minimum Gasteiger partial charge on any atom is -0.489 e. The van der Waals surface area contributed by atoms with Crippen molar-refractivity contribution in [2.24, 2.45) is 0 Å². The van der Waals surface area contributed by atoms with Crippen LogP contribution in [0, 0.1) is 12.7 Å². The number of halogens is 1. The number of hydrogen-bond acceptors (Lipinski definition) is 3. The molecular weight excluding hydrogens is 231 g/mol. The summed E-state index contributed by atoms with van der Waals surface area (Å²) in [5, 5.41) is 3.27. The van der Waals surface area contributed by atoms with Crippen LogP contribution in [-0.4, -0.2) is 45.2 Å². The van der Waals surface area contributed by atoms with Crippen LogP contribution in [0.1, 0.15) is 12.0 Å². The molecule has 4 heteroatoms. The second-order valence-electron chi connectivity index (χ2n) is 4.64. The van der Waals surface area contributed by atoms with E-state index in [2.05, 4.69) is 24.3 Å². The fourth-order valence-corrected chi connectivity index (χ4v) is 1.61. The van der Waals surface area contributed by atoms with Crippen LogP contribution in [0.4, 0.5) is 4.39 Å². The summed E-state index contributed by atoms with van der Waals surface area (Å²) in [4.78, 5) is 2.15. The molecule has 1 aromatic carbocycles. The molecule has 0 heterocycles. The summed E-state index contributed by atoms with van der Waals surface area (Å²) in [6, 6.07) is 5.20. The first kappa shape index (κ1) is 14.9. The van der Waals surface area contributed by atoms with Gasteiger partial charge in [-0.25, -0.2) is 4.39 Å². The molecule has 0 saturated heterocycles. The molecule has 0 atom stereocenters. The molecule has 102 valence electrons. The topological polar surface area (TPSA) is 24.5 Å². The highest BCUT2D eigenvalue weighted by molar-refractivity contribution is 5.29. The number of rotatable bonds is 8. The van der Waals surface area contributed by atoms with E-state index in [-0.39, 0.29) is 5.82 Å². The molecule has 0 bridgehead atoms. The summed E-state index contributed by atoms with van der Waals surface area (Å²) in [6.45, 7) is 4.99. The number of aryl methyl sites for hydroxylation is 1. The van der Waals surface area contributed by atoms with Crippen LogP contribution < -0.4 is 10.1 Å². The van der Waals surface area contributed by atoms with Crippen LogP contribution in [0.5, 0.6) is 5.75 Å². The van der Waals surface area contributed by atoms with Gasteiger partial charge in [0.15, 0.2) is 11.6 Å². The van der Waals surface area contributed by atoms with Crippen molar-refractivity contribution in [1.29, 1.82) is 0 Å². The molecule has 0 radical (unpaired) electrons. The van der Waals surface area contributed by atoms with Gasteiger partial charge in [-0.3, -0.25) is 0 Å². The van der Waals surface area contributed by atoms with Crippen molar-refractivity contribution < 1.29 is 9.13 Å². The maximum absolute atomic E-state index is 13.6. The summed E-state index contributed by atoms with van der Waals surface area (Å²) < 4.78 is 19.0. The smallest absolute Gasteiger partial charge is 0.167 e. The van der Waals surface area contributed by atoms with Gasteiger partial charge in [0.25, 0.3) is 0 Å². The Hall–Kier alpha value is -1.13. The Balaban J connectivity index is 2.13. The monoisotopic (exact) mass is 254 g/mol. The van der Waals surface area contributed by atoms with Crippen molar-refractivity contribution in [3.05, 3.63) is 29.6 Å². The second kappa shape index (κ2) is 8.06. The SMILES string of the molecule is Cc1cccc(OCCNCCCN(C)C)c1F. The standard InChI is InChI=1S/C14H23FN2O/c1-12-6-4-7-13(14(12)15)18-11-9-16-8-5-10-17(2)3/h4,6-7,16H,5,8-11H2,1-3H3. The molecule has 0 aliphatic heterocycles. The number of nitrogens with one attached hydrogen (secondary N) is 1. The first-order chi connectivity index (χ1) is 8.61. The largest absolute Gasteiger partial charge is 0.489 e. The average molecular weight is 254 g/mol. The number of benzene rings is 1. The fourth-order valence-electron chi connectivity index (χ4n) is 1.61. The molecule has 1 aromatic rings. The predicted molar refractivity (Wildman–Crippen MR) is 72.7 cm³/mol. The van der Waals surface area contributed by atoms with Gasteiger partial charge in [-0.05, 0) is 52.2 Å². The molecule has 3 nitrogen and oxygen atoms in total. The third kappa shape index (κ3) is 5.47. The van der Waals surface area contributed by atoms with E-state index in [0.717, 1.165) is 26.1 Å². The zero-order valence-electron chi connectivity index (χ0n) is 11.5. The molecule has 1 rings (SSSR count). The van der Waals surface area contributed by atoms with E-state index in [4.69, 9.17) is 4.74 Å². The van der Waals surface area contributed by atoms with Gasteiger partial charge in [-0.15, -0.1) is 0 Å². The van der Waals surface area contributed by atoms with E-state index >= 15 is 0 Å². The van der Waals surface area contributed by atoms with Crippen LogP contribution in [0.25, 0.3) is 0 Å². The molecule has 0 unspecified atom stereocenters. The molecule has 0 spiro atoms. The van der Waals surface area contributed by atoms with Crippen LogP contribution in [0.15, 0.2) is 18.2 Å². The lowest BCUT2D eigenvalue weighted by molar-refractivity contribution is 0.296. The molecule has 0 aromatic heterocycles. The zero-order chi connectivity index (χ0) is 13.4. The van der Waals surface area contributed by atoms with E-state index in [0.29, 0.717) is 17.9 Å². The quantitative estimate of drug-likeness (QED) is 0.719. The van der Waals surface area contributed by atoms with Crippen molar-refractivity contribution in [3.8, 4) is 5.75 Å². The lowest BCUT2D eigenvalue weighted by atomic mass is 10.2. The Kier molecular flexibility index (Phi) is 6.68. The predicted octanol–water partition coefficient (Wildman–Crippen LogP) is 2.05. The van der Waals surface area contributed by atoms with Gasteiger partial charge in [0, 0.05) is 6.54 Å². The number of nitrogens with zero attached hydrogens (tertiary/aromatic N) is 1. The van der Waals surface area contributed by atoms with Crippen LogP contribution in [0.2, 0.25) is 0 Å². The fraction of sp³-hybridized carbons (Fsp3) is 0.571. The van der Waals surface area contributed by atoms with E-state index in [9.17, 15) is 4.39 Å². The molecule has 18 heavy (non-hydrogen) atoms. The van der Waals surface area contributed by atoms with Gasteiger partial charge in [0.2, 0.25) is 0 Å². The first-order valence-electron chi connectivity index (χ1n) is 6.34. The highest BCUT2D eigenvalue weighted by Gasteiger charge is 2.04. The highest BCUT2D eigenvalue weighted by Crippen LogP contribution is 2.19. The van der Waals surface area contributed by atoms with Crippen LogP contribution >= 0.6 is 0 Å². The average Bonchev–Trinajstić information content (AvgIpc) is 2.32. The third-order valence-electron chi connectivity index (χ3n) is 2.65. The lowest BCUT2D eigenvalue weighted by Gasteiger charge is -2.11. The summed E-state index contributed by atoms with van der Waals surface area (Å²) in [5.74, 6) is 0.0789. The van der Waals surface area contributed by atoms with Gasteiger partial charge < -0.3 is 15.0 Å². The molecule has 1 N–H and O–H groups in total. The third-order valence-corrected chi connectivity index (χ3v) is 2.65. The lowest BCUT2D eigenvalue weighted by Crippen LogP contribution is -2.25. The van der Waals surface area contributed by atoms with Crippen molar-refractivity contribution in [1.82, 2.24) is 10.2 Å². The zero-order valence-corrected chi connectivity index (χ0v) is 11.5. The Labute approximate surface area is 109 Å². The van der Waals surface area contributed by atoms with Gasteiger partial charge in [-0.2, -0.15) is 0 Å². The molecular formula is C14H23FN2O. The van der Waals surface area contributed by atoms with Gasteiger partial charge in [0.05, 0.1) is 0 Å². The Morgan fingerprint density at radius 3 is 2.78 bits per heavy atom. The van der Waals surface area contributed by atoms with E-state index in [1.807, 2.05) is 0 Å². The normalized spacial score (nSPS) is 10.9. The van der Waals surface area contributed by atoms with E-state index in [1.165, 1.54) is 0 Å². The first-order valence-corrected chi connectivity index (χ1v) is 6.34. The highest BCUT2D eigenvalue weighted by atomic mass is 19.1. The summed E-state index contributed by atoms with van der Waals surface area (Å²) in [7, 11) is 4.12. The van der Waals surface area contributed by atoms with Crippen LogP contribution in [0.3, 0.4) is 0 Å². The Morgan fingerprint density at radius 2 is 2.06 bits per heavy atom. The summed E-state index contributed by atoms with van der Waals surface area (Å²) >= 11 is 0. The van der Waals surface area contributed by atoms with Crippen molar-refractivity contribution in [2.45, 2.75) is 13.3 Å². The summed E-state index contributed by atoms with van der Waals surface area (Å²) in [5.41, 5.74) is 0.617.